The van der Waals surface area contributed by atoms with Crippen LogP contribution >= 0.6 is 0 Å². The highest BCUT2D eigenvalue weighted by atomic mass is 19.4. The third-order valence-electron chi connectivity index (χ3n) is 4.00. The van der Waals surface area contributed by atoms with Crippen molar-refractivity contribution in [3.05, 3.63) is 78.1 Å². The number of nitrogens with one attached hydrogen (secondary N) is 1. The minimum Gasteiger partial charge on any atom is -0.459 e. The van der Waals surface area contributed by atoms with E-state index in [9.17, 15) is 18.0 Å². The van der Waals surface area contributed by atoms with E-state index >= 15 is 0 Å². The number of aromatic nitrogens is 2. The smallest absolute Gasteiger partial charge is 0.417 e. The molecule has 0 saturated carbocycles. The first-order valence-corrected chi connectivity index (χ1v) is 8.37. The van der Waals surface area contributed by atoms with Crippen molar-refractivity contribution in [2.45, 2.75) is 6.18 Å². The minimum absolute atomic E-state index is 0.170. The Labute approximate surface area is 162 Å². The van der Waals surface area contributed by atoms with E-state index in [1.807, 2.05) is 0 Å². The zero-order valence-corrected chi connectivity index (χ0v) is 14.6. The summed E-state index contributed by atoms with van der Waals surface area (Å²) in [6, 6.07) is 14.3. The maximum absolute atomic E-state index is 13.1. The van der Waals surface area contributed by atoms with Crippen LogP contribution in [-0.2, 0) is 6.18 Å². The fraction of sp³-hybridized carbons (Fsp3) is 0.0500. The van der Waals surface area contributed by atoms with Gasteiger partial charge in [0.1, 0.15) is 0 Å². The third kappa shape index (κ3) is 3.88. The van der Waals surface area contributed by atoms with E-state index < -0.39 is 23.2 Å². The number of benzene rings is 2. The average Bonchev–Trinajstić information content (AvgIpc) is 3.39. The highest BCUT2D eigenvalue weighted by Gasteiger charge is 2.34. The van der Waals surface area contributed by atoms with Crippen molar-refractivity contribution in [3.8, 4) is 23.1 Å². The summed E-state index contributed by atoms with van der Waals surface area (Å²) >= 11 is 0. The van der Waals surface area contributed by atoms with Gasteiger partial charge in [0.2, 0.25) is 5.89 Å². The predicted octanol–water partition coefficient (Wildman–Crippen LogP) is 5.27. The molecule has 0 aliphatic rings. The first-order chi connectivity index (χ1) is 13.9. The van der Waals surface area contributed by atoms with Gasteiger partial charge in [-0.2, -0.15) is 13.2 Å². The lowest BCUT2D eigenvalue weighted by molar-refractivity contribution is -0.137. The van der Waals surface area contributed by atoms with Crippen LogP contribution in [0.4, 0.5) is 18.9 Å². The van der Waals surface area contributed by atoms with Crippen molar-refractivity contribution in [2.24, 2.45) is 0 Å². The van der Waals surface area contributed by atoms with E-state index in [-0.39, 0.29) is 17.5 Å². The molecule has 0 bridgehead atoms. The van der Waals surface area contributed by atoms with E-state index in [1.165, 1.54) is 24.5 Å². The molecule has 0 spiro atoms. The summed E-state index contributed by atoms with van der Waals surface area (Å²) in [4.78, 5) is 12.4. The number of nitrogens with zero attached hydrogens (tertiary/aromatic N) is 2. The van der Waals surface area contributed by atoms with Crippen LogP contribution in [0.3, 0.4) is 0 Å². The number of carbonyl (C=O) groups excluding carboxylic acids is 1. The van der Waals surface area contributed by atoms with Gasteiger partial charge in [-0.1, -0.05) is 18.2 Å². The van der Waals surface area contributed by atoms with Crippen molar-refractivity contribution >= 4 is 11.6 Å². The Morgan fingerprint density at radius 3 is 2.48 bits per heavy atom. The van der Waals surface area contributed by atoms with Gasteiger partial charge in [-0.05, 0) is 42.5 Å². The molecule has 0 atom stereocenters. The quantitative estimate of drug-likeness (QED) is 0.506. The zero-order valence-electron chi connectivity index (χ0n) is 14.6. The summed E-state index contributed by atoms with van der Waals surface area (Å²) in [5.74, 6) is -0.129. The SMILES string of the molecule is O=C(Nc1cccc(-c2nnc(-c3ccco3)o2)c1)c1ccccc1C(F)(F)F. The average molecular weight is 399 g/mol. The largest absolute Gasteiger partial charge is 0.459 e. The molecule has 6 nitrogen and oxygen atoms in total. The molecule has 29 heavy (non-hydrogen) atoms. The van der Waals surface area contributed by atoms with Crippen LogP contribution in [0.1, 0.15) is 15.9 Å². The molecule has 1 amide bonds. The molecule has 2 aromatic carbocycles. The Morgan fingerprint density at radius 2 is 1.72 bits per heavy atom. The number of alkyl halides is 3. The van der Waals surface area contributed by atoms with E-state index in [1.54, 1.807) is 30.3 Å². The molecule has 4 rings (SSSR count). The topological polar surface area (TPSA) is 81.2 Å². The van der Waals surface area contributed by atoms with Gasteiger partial charge in [0, 0.05) is 11.3 Å². The molecule has 0 aliphatic carbocycles. The van der Waals surface area contributed by atoms with Gasteiger partial charge in [0.15, 0.2) is 5.76 Å². The highest BCUT2D eigenvalue weighted by Crippen LogP contribution is 2.32. The molecule has 0 radical (unpaired) electrons. The normalized spacial score (nSPS) is 11.4. The predicted molar refractivity (Wildman–Crippen MR) is 96.8 cm³/mol. The molecule has 4 aromatic rings. The Kier molecular flexibility index (Phi) is 4.63. The van der Waals surface area contributed by atoms with Crippen LogP contribution < -0.4 is 5.32 Å². The second kappa shape index (κ2) is 7.27. The van der Waals surface area contributed by atoms with Gasteiger partial charge < -0.3 is 14.2 Å². The minimum atomic E-state index is -4.64. The Bertz CT molecular complexity index is 1150. The highest BCUT2D eigenvalue weighted by molar-refractivity contribution is 6.05. The molecular formula is C20H12F3N3O3. The summed E-state index contributed by atoms with van der Waals surface area (Å²) in [5, 5.41) is 10.3. The molecular weight excluding hydrogens is 387 g/mol. The fourth-order valence-corrected chi connectivity index (χ4v) is 2.70. The van der Waals surface area contributed by atoms with Crippen LogP contribution in [0.25, 0.3) is 23.1 Å². The lowest BCUT2D eigenvalue weighted by Gasteiger charge is -2.12. The molecule has 0 unspecified atom stereocenters. The van der Waals surface area contributed by atoms with Gasteiger partial charge in [-0.25, -0.2) is 0 Å². The van der Waals surface area contributed by atoms with Crippen LogP contribution in [-0.4, -0.2) is 16.1 Å². The summed E-state index contributed by atoms with van der Waals surface area (Å²) in [6.45, 7) is 0. The zero-order chi connectivity index (χ0) is 20.4. The molecule has 0 fully saturated rings. The Morgan fingerprint density at radius 1 is 0.931 bits per heavy atom. The van der Waals surface area contributed by atoms with Crippen molar-refractivity contribution < 1.29 is 26.8 Å². The van der Waals surface area contributed by atoms with Crippen molar-refractivity contribution in [3.63, 3.8) is 0 Å². The number of hydrogen-bond donors (Lipinski definition) is 1. The van der Waals surface area contributed by atoms with Crippen LogP contribution in [0.5, 0.6) is 0 Å². The van der Waals surface area contributed by atoms with Crippen LogP contribution in [0.15, 0.2) is 75.8 Å². The number of amides is 1. The molecule has 9 heteroatoms. The van der Waals surface area contributed by atoms with E-state index in [4.69, 9.17) is 8.83 Å². The summed E-state index contributed by atoms with van der Waals surface area (Å²) in [6.07, 6.45) is -3.17. The van der Waals surface area contributed by atoms with E-state index in [2.05, 4.69) is 15.5 Å². The van der Waals surface area contributed by atoms with Gasteiger partial charge in [-0.15, -0.1) is 10.2 Å². The van der Waals surface area contributed by atoms with Crippen molar-refractivity contribution in [1.82, 2.24) is 10.2 Å². The van der Waals surface area contributed by atoms with E-state index in [0.29, 0.717) is 11.3 Å². The van der Waals surface area contributed by atoms with Gasteiger partial charge >= 0.3 is 6.18 Å². The number of rotatable bonds is 4. The lowest BCUT2D eigenvalue weighted by atomic mass is 10.1. The second-order valence-electron chi connectivity index (χ2n) is 5.97. The Balaban J connectivity index is 1.58. The summed E-state index contributed by atoms with van der Waals surface area (Å²) in [7, 11) is 0. The second-order valence-corrected chi connectivity index (χ2v) is 5.97. The maximum Gasteiger partial charge on any atom is 0.417 e. The molecule has 1 N–H and O–H groups in total. The Hall–Kier alpha value is -3.88. The first kappa shape index (κ1) is 18.5. The van der Waals surface area contributed by atoms with Crippen molar-refractivity contribution in [2.75, 3.05) is 5.32 Å². The molecule has 0 aliphatic heterocycles. The van der Waals surface area contributed by atoms with Crippen LogP contribution in [0, 0.1) is 0 Å². The number of halogens is 3. The molecule has 2 heterocycles. The molecule has 0 saturated heterocycles. The van der Waals surface area contributed by atoms with Crippen molar-refractivity contribution in [1.29, 1.82) is 0 Å². The number of hydrogen-bond acceptors (Lipinski definition) is 5. The molecule has 146 valence electrons. The van der Waals surface area contributed by atoms with Gasteiger partial charge in [-0.3, -0.25) is 4.79 Å². The summed E-state index contributed by atoms with van der Waals surface area (Å²) < 4.78 is 50.1. The fourth-order valence-electron chi connectivity index (χ4n) is 2.70. The monoisotopic (exact) mass is 399 g/mol. The molecule has 2 aromatic heterocycles. The maximum atomic E-state index is 13.1. The first-order valence-electron chi connectivity index (χ1n) is 8.37. The standard InChI is InChI=1S/C20H12F3N3O3/c21-20(22,23)15-8-2-1-7-14(15)17(27)24-13-6-3-5-12(11-13)18-25-26-19(29-18)16-9-4-10-28-16/h1-11H,(H,24,27). The van der Waals surface area contributed by atoms with E-state index in [0.717, 1.165) is 12.1 Å². The van der Waals surface area contributed by atoms with Crippen LogP contribution in [0.2, 0.25) is 0 Å². The lowest BCUT2D eigenvalue weighted by Crippen LogP contribution is -2.18. The van der Waals surface area contributed by atoms with Gasteiger partial charge in [0.25, 0.3) is 11.8 Å². The third-order valence-corrected chi connectivity index (χ3v) is 4.00. The number of furan rings is 1. The number of carbonyl (C=O) groups is 1. The summed E-state index contributed by atoms with van der Waals surface area (Å²) in [5.41, 5.74) is -0.712. The van der Waals surface area contributed by atoms with Gasteiger partial charge in [0.05, 0.1) is 17.4 Å². The number of anilines is 1.